The van der Waals surface area contributed by atoms with Gasteiger partial charge in [0.2, 0.25) is 0 Å². The predicted octanol–water partition coefficient (Wildman–Crippen LogP) is 2.17. The quantitative estimate of drug-likeness (QED) is 0.630. The van der Waals surface area contributed by atoms with Crippen molar-refractivity contribution in [1.29, 1.82) is 0 Å². The molecule has 0 bridgehead atoms. The van der Waals surface area contributed by atoms with Crippen molar-refractivity contribution in [3.8, 4) is 0 Å². The zero-order chi connectivity index (χ0) is 9.42. The van der Waals surface area contributed by atoms with Crippen molar-refractivity contribution in [1.82, 2.24) is 5.16 Å². The zero-order valence-electron chi connectivity index (χ0n) is 6.87. The molecule has 0 amide bonds. The van der Waals surface area contributed by atoms with Gasteiger partial charge in [0.25, 0.3) is 0 Å². The molecule has 0 radical (unpaired) electrons. The summed E-state index contributed by atoms with van der Waals surface area (Å²) in [5, 5.41) is 3.97. The van der Waals surface area contributed by atoms with E-state index in [1.165, 1.54) is 25.1 Å². The van der Waals surface area contributed by atoms with E-state index < -0.39 is 5.82 Å². The Morgan fingerprint density at radius 2 is 2.31 bits per heavy atom. The normalized spacial score (nSPS) is 10.6. The molecular weight excluding hydrogens is 173 g/mol. The fourth-order valence-corrected chi connectivity index (χ4v) is 1.16. The molecule has 0 saturated heterocycles. The Kier molecular flexibility index (Phi) is 1.62. The standard InChI is InChI=1S/C9H6FNO2/c1-5(12)9-7-4-6(10)2-3-8(7)13-11-9/h2-4H,1H3. The van der Waals surface area contributed by atoms with Crippen LogP contribution in [0.5, 0.6) is 0 Å². The van der Waals surface area contributed by atoms with Gasteiger partial charge in [0.15, 0.2) is 17.1 Å². The molecule has 0 spiro atoms. The molecule has 1 aromatic heterocycles. The molecule has 3 nitrogen and oxygen atoms in total. The van der Waals surface area contributed by atoms with E-state index in [4.69, 9.17) is 4.52 Å². The van der Waals surface area contributed by atoms with Gasteiger partial charge in [0.1, 0.15) is 5.82 Å². The minimum absolute atomic E-state index is 0.175. The molecule has 0 saturated carbocycles. The number of nitrogens with zero attached hydrogens (tertiary/aromatic N) is 1. The summed E-state index contributed by atoms with van der Waals surface area (Å²) < 4.78 is 17.6. The third-order valence-corrected chi connectivity index (χ3v) is 1.77. The molecule has 0 aliphatic heterocycles. The predicted molar refractivity (Wildman–Crippen MR) is 44.0 cm³/mol. The van der Waals surface area contributed by atoms with Crippen LogP contribution in [-0.2, 0) is 0 Å². The van der Waals surface area contributed by atoms with E-state index in [0.29, 0.717) is 11.0 Å². The number of fused-ring (bicyclic) bond motifs is 1. The number of aromatic nitrogens is 1. The van der Waals surface area contributed by atoms with E-state index in [0.717, 1.165) is 0 Å². The summed E-state index contributed by atoms with van der Waals surface area (Å²) in [6.07, 6.45) is 0. The minimum Gasteiger partial charge on any atom is -0.356 e. The second kappa shape index (κ2) is 2.65. The number of hydrogen-bond donors (Lipinski definition) is 0. The van der Waals surface area contributed by atoms with E-state index >= 15 is 0 Å². The molecule has 0 aliphatic carbocycles. The van der Waals surface area contributed by atoms with E-state index in [1.54, 1.807) is 0 Å². The Morgan fingerprint density at radius 1 is 1.54 bits per heavy atom. The number of ketones is 1. The van der Waals surface area contributed by atoms with Gasteiger partial charge >= 0.3 is 0 Å². The fraction of sp³-hybridized carbons (Fsp3) is 0.111. The van der Waals surface area contributed by atoms with Gasteiger partial charge in [-0.15, -0.1) is 0 Å². The summed E-state index contributed by atoms with van der Waals surface area (Å²) in [5.41, 5.74) is 0.598. The van der Waals surface area contributed by atoms with Gasteiger partial charge in [-0.2, -0.15) is 0 Å². The molecule has 66 valence electrons. The Balaban J connectivity index is 2.79. The van der Waals surface area contributed by atoms with E-state index in [9.17, 15) is 9.18 Å². The average Bonchev–Trinajstić information content (AvgIpc) is 2.46. The summed E-state index contributed by atoms with van der Waals surface area (Å²) in [5.74, 6) is -0.637. The molecule has 4 heteroatoms. The highest BCUT2D eigenvalue weighted by Gasteiger charge is 2.12. The van der Waals surface area contributed by atoms with Gasteiger partial charge in [-0.05, 0) is 18.2 Å². The van der Waals surface area contributed by atoms with Gasteiger partial charge in [0, 0.05) is 6.92 Å². The summed E-state index contributed by atoms with van der Waals surface area (Å²) in [4.78, 5) is 11.0. The lowest BCUT2D eigenvalue weighted by atomic mass is 10.2. The lowest BCUT2D eigenvalue weighted by Gasteiger charge is -1.88. The van der Waals surface area contributed by atoms with Crippen LogP contribution in [0, 0.1) is 5.82 Å². The van der Waals surface area contributed by atoms with Crippen LogP contribution in [0.1, 0.15) is 17.4 Å². The van der Waals surface area contributed by atoms with Crippen LogP contribution in [0.25, 0.3) is 11.0 Å². The Labute approximate surface area is 73.1 Å². The molecule has 0 atom stereocenters. The van der Waals surface area contributed by atoms with Crippen molar-refractivity contribution < 1.29 is 13.7 Å². The van der Waals surface area contributed by atoms with Gasteiger partial charge in [-0.3, -0.25) is 4.79 Å². The summed E-state index contributed by atoms with van der Waals surface area (Å²) in [6, 6.07) is 3.95. The first-order chi connectivity index (χ1) is 6.18. The molecule has 1 heterocycles. The molecule has 0 aliphatic rings. The van der Waals surface area contributed by atoms with Crippen LogP contribution in [0.3, 0.4) is 0 Å². The first-order valence-corrected chi connectivity index (χ1v) is 3.74. The molecule has 0 fully saturated rings. The zero-order valence-corrected chi connectivity index (χ0v) is 6.87. The van der Waals surface area contributed by atoms with Crippen LogP contribution < -0.4 is 0 Å². The maximum Gasteiger partial charge on any atom is 0.182 e. The highest BCUT2D eigenvalue weighted by molar-refractivity contribution is 6.03. The molecule has 1 aromatic carbocycles. The third kappa shape index (κ3) is 1.20. The summed E-state index contributed by atoms with van der Waals surface area (Å²) >= 11 is 0. The van der Waals surface area contributed by atoms with Gasteiger partial charge in [-0.25, -0.2) is 4.39 Å². The van der Waals surface area contributed by atoms with Crippen molar-refractivity contribution in [2.45, 2.75) is 6.92 Å². The molecule has 13 heavy (non-hydrogen) atoms. The van der Waals surface area contributed by atoms with Crippen molar-refractivity contribution >= 4 is 16.8 Å². The number of hydrogen-bond acceptors (Lipinski definition) is 3. The van der Waals surface area contributed by atoms with Gasteiger partial charge in [0.05, 0.1) is 5.39 Å². The van der Waals surface area contributed by atoms with E-state index in [1.807, 2.05) is 0 Å². The first kappa shape index (κ1) is 7.91. The molecule has 2 aromatic rings. The van der Waals surface area contributed by atoms with E-state index in [2.05, 4.69) is 5.16 Å². The number of benzene rings is 1. The van der Waals surface area contributed by atoms with Crippen LogP contribution in [-0.4, -0.2) is 10.9 Å². The topological polar surface area (TPSA) is 43.1 Å². The van der Waals surface area contributed by atoms with E-state index in [-0.39, 0.29) is 11.5 Å². The van der Waals surface area contributed by atoms with Crippen molar-refractivity contribution in [3.63, 3.8) is 0 Å². The largest absolute Gasteiger partial charge is 0.356 e. The third-order valence-electron chi connectivity index (χ3n) is 1.77. The number of Topliss-reactive ketones (excluding diaryl/α,β-unsaturated/α-hetero) is 1. The van der Waals surface area contributed by atoms with Crippen LogP contribution in [0.2, 0.25) is 0 Å². The molecule has 0 unspecified atom stereocenters. The Bertz CT molecular complexity index is 475. The van der Waals surface area contributed by atoms with Crippen LogP contribution in [0.15, 0.2) is 22.7 Å². The smallest absolute Gasteiger partial charge is 0.182 e. The van der Waals surface area contributed by atoms with Crippen LogP contribution >= 0.6 is 0 Å². The maximum absolute atomic E-state index is 12.8. The number of carbonyl (C=O) groups excluding carboxylic acids is 1. The van der Waals surface area contributed by atoms with Gasteiger partial charge in [-0.1, -0.05) is 5.16 Å². The minimum atomic E-state index is -0.404. The lowest BCUT2D eigenvalue weighted by Crippen LogP contribution is -1.91. The van der Waals surface area contributed by atoms with Crippen molar-refractivity contribution in [2.75, 3.05) is 0 Å². The average molecular weight is 179 g/mol. The highest BCUT2D eigenvalue weighted by atomic mass is 19.1. The Hall–Kier alpha value is -1.71. The number of rotatable bonds is 1. The number of halogens is 1. The van der Waals surface area contributed by atoms with Crippen LogP contribution in [0.4, 0.5) is 4.39 Å². The fourth-order valence-electron chi connectivity index (χ4n) is 1.16. The maximum atomic E-state index is 12.8. The highest BCUT2D eigenvalue weighted by Crippen LogP contribution is 2.19. The van der Waals surface area contributed by atoms with Crippen molar-refractivity contribution in [3.05, 3.63) is 29.7 Å². The monoisotopic (exact) mass is 179 g/mol. The molecule has 0 N–H and O–H groups in total. The summed E-state index contributed by atoms with van der Waals surface area (Å²) in [6.45, 7) is 1.36. The molecule has 2 rings (SSSR count). The lowest BCUT2D eigenvalue weighted by molar-refractivity contribution is 0.101. The molecular formula is C9H6FNO2. The summed E-state index contributed by atoms with van der Waals surface area (Å²) in [7, 11) is 0. The first-order valence-electron chi connectivity index (χ1n) is 3.74. The Morgan fingerprint density at radius 3 is 3.00 bits per heavy atom. The SMILES string of the molecule is CC(=O)c1noc2ccc(F)cc12. The second-order valence-electron chi connectivity index (χ2n) is 2.73. The van der Waals surface area contributed by atoms with Crippen molar-refractivity contribution in [2.24, 2.45) is 0 Å². The number of carbonyl (C=O) groups is 1. The second-order valence-corrected chi connectivity index (χ2v) is 2.73. The van der Waals surface area contributed by atoms with Gasteiger partial charge < -0.3 is 4.52 Å².